The number of nitrogens with one attached hydrogen (secondary N) is 1. The summed E-state index contributed by atoms with van der Waals surface area (Å²) in [5.41, 5.74) is 6.63. The molecule has 21 heavy (non-hydrogen) atoms. The van der Waals surface area contributed by atoms with Crippen LogP contribution in [0.4, 0.5) is 5.69 Å². The Kier molecular flexibility index (Phi) is 4.67. The van der Waals surface area contributed by atoms with Gasteiger partial charge in [-0.05, 0) is 24.3 Å². The van der Waals surface area contributed by atoms with Gasteiger partial charge < -0.3 is 16.3 Å². The van der Waals surface area contributed by atoms with Crippen LogP contribution >= 0.6 is 23.2 Å². The number of benzene rings is 2. The number of rotatable bonds is 3. The number of halogens is 2. The minimum atomic E-state index is -0.442. The van der Waals surface area contributed by atoms with E-state index in [0.717, 1.165) is 0 Å². The molecule has 2 aromatic rings. The van der Waals surface area contributed by atoms with E-state index in [4.69, 9.17) is 34.1 Å². The van der Waals surface area contributed by atoms with E-state index in [1.54, 1.807) is 42.5 Å². The summed E-state index contributed by atoms with van der Waals surface area (Å²) in [6.07, 6.45) is 0. The van der Waals surface area contributed by atoms with Crippen molar-refractivity contribution in [2.24, 2.45) is 10.9 Å². The first-order valence-corrected chi connectivity index (χ1v) is 6.62. The second kappa shape index (κ2) is 6.47. The Morgan fingerprint density at radius 1 is 1.14 bits per heavy atom. The molecular formula is C14H11Cl2N3O2. The molecule has 0 aliphatic carbocycles. The lowest BCUT2D eigenvalue weighted by Crippen LogP contribution is -2.16. The molecule has 0 bridgehead atoms. The molecule has 2 aromatic carbocycles. The number of amidine groups is 1. The van der Waals surface area contributed by atoms with Crippen LogP contribution in [0.3, 0.4) is 0 Å². The van der Waals surface area contributed by atoms with Crippen LogP contribution in [0.2, 0.25) is 10.0 Å². The number of oxime groups is 1. The Bertz CT molecular complexity index is 697. The monoisotopic (exact) mass is 323 g/mol. The SMILES string of the molecule is N/C(=N/O)c1cccc(NC(=O)c2c(Cl)cccc2Cl)c1. The fraction of sp³-hybridized carbons (Fsp3) is 0. The van der Waals surface area contributed by atoms with Crippen LogP contribution in [-0.4, -0.2) is 17.0 Å². The number of anilines is 1. The summed E-state index contributed by atoms with van der Waals surface area (Å²) in [5, 5.41) is 14.7. The average Bonchev–Trinajstić information content (AvgIpc) is 2.46. The number of carbonyl (C=O) groups excluding carboxylic acids is 1. The minimum absolute atomic E-state index is 0.0538. The van der Waals surface area contributed by atoms with Gasteiger partial charge in [0.05, 0.1) is 15.6 Å². The molecule has 0 saturated carbocycles. The summed E-state index contributed by atoms with van der Waals surface area (Å²) in [4.78, 5) is 12.2. The Morgan fingerprint density at radius 2 is 1.76 bits per heavy atom. The molecule has 0 heterocycles. The van der Waals surface area contributed by atoms with Gasteiger partial charge in [0.15, 0.2) is 5.84 Å². The molecule has 0 unspecified atom stereocenters. The maximum Gasteiger partial charge on any atom is 0.258 e. The van der Waals surface area contributed by atoms with Crippen molar-refractivity contribution in [1.29, 1.82) is 0 Å². The zero-order chi connectivity index (χ0) is 15.4. The lowest BCUT2D eigenvalue weighted by molar-refractivity contribution is 0.102. The van der Waals surface area contributed by atoms with Gasteiger partial charge in [0.1, 0.15) is 0 Å². The number of amides is 1. The molecule has 1 amide bonds. The largest absolute Gasteiger partial charge is 0.409 e. The standard InChI is InChI=1S/C14H11Cl2N3O2/c15-10-5-2-6-11(16)12(10)14(20)18-9-4-1-3-8(7-9)13(17)19-21/h1-7,21H,(H2,17,19)(H,18,20). The summed E-state index contributed by atoms with van der Waals surface area (Å²) in [6.45, 7) is 0. The lowest BCUT2D eigenvalue weighted by atomic mass is 10.1. The first kappa shape index (κ1) is 15.2. The van der Waals surface area contributed by atoms with Crippen molar-refractivity contribution in [2.45, 2.75) is 0 Å². The summed E-state index contributed by atoms with van der Waals surface area (Å²) in [7, 11) is 0. The highest BCUT2D eigenvalue weighted by Crippen LogP contribution is 2.25. The van der Waals surface area contributed by atoms with Gasteiger partial charge in [-0.25, -0.2) is 0 Å². The molecule has 0 fully saturated rings. The van der Waals surface area contributed by atoms with E-state index in [1.165, 1.54) is 0 Å². The molecular weight excluding hydrogens is 313 g/mol. The van der Waals surface area contributed by atoms with Crippen molar-refractivity contribution < 1.29 is 10.0 Å². The zero-order valence-corrected chi connectivity index (χ0v) is 12.2. The topological polar surface area (TPSA) is 87.7 Å². The van der Waals surface area contributed by atoms with Crippen LogP contribution in [-0.2, 0) is 0 Å². The molecule has 4 N–H and O–H groups in total. The smallest absolute Gasteiger partial charge is 0.258 e. The fourth-order valence-electron chi connectivity index (χ4n) is 1.72. The number of nitrogens with zero attached hydrogens (tertiary/aromatic N) is 1. The molecule has 0 spiro atoms. The van der Waals surface area contributed by atoms with Gasteiger partial charge in [-0.2, -0.15) is 0 Å². The van der Waals surface area contributed by atoms with Gasteiger partial charge in [0, 0.05) is 11.3 Å². The lowest BCUT2D eigenvalue weighted by Gasteiger charge is -2.09. The highest BCUT2D eigenvalue weighted by molar-refractivity contribution is 6.40. The van der Waals surface area contributed by atoms with Gasteiger partial charge in [-0.3, -0.25) is 4.79 Å². The van der Waals surface area contributed by atoms with Crippen molar-refractivity contribution in [1.82, 2.24) is 0 Å². The van der Waals surface area contributed by atoms with Crippen LogP contribution in [0.5, 0.6) is 0 Å². The number of hydrogen-bond acceptors (Lipinski definition) is 3. The van der Waals surface area contributed by atoms with Crippen molar-refractivity contribution in [3.63, 3.8) is 0 Å². The first-order valence-electron chi connectivity index (χ1n) is 5.86. The quantitative estimate of drug-likeness (QED) is 0.350. The third-order valence-electron chi connectivity index (χ3n) is 2.71. The van der Waals surface area contributed by atoms with E-state index in [1.807, 2.05) is 0 Å². The van der Waals surface area contributed by atoms with Gasteiger partial charge >= 0.3 is 0 Å². The van der Waals surface area contributed by atoms with Gasteiger partial charge in [0.25, 0.3) is 5.91 Å². The summed E-state index contributed by atoms with van der Waals surface area (Å²) in [5.74, 6) is -0.496. The van der Waals surface area contributed by atoms with Crippen molar-refractivity contribution in [3.8, 4) is 0 Å². The van der Waals surface area contributed by atoms with Crippen LogP contribution in [0, 0.1) is 0 Å². The van der Waals surface area contributed by atoms with Crippen LogP contribution < -0.4 is 11.1 Å². The Morgan fingerprint density at radius 3 is 2.38 bits per heavy atom. The summed E-state index contributed by atoms with van der Waals surface area (Å²) >= 11 is 12.0. The van der Waals surface area contributed by atoms with Gasteiger partial charge in [-0.15, -0.1) is 0 Å². The van der Waals surface area contributed by atoms with Crippen LogP contribution in [0.25, 0.3) is 0 Å². The van der Waals surface area contributed by atoms with E-state index >= 15 is 0 Å². The maximum atomic E-state index is 12.2. The predicted octanol–water partition coefficient (Wildman–Crippen LogP) is 3.34. The number of hydrogen-bond donors (Lipinski definition) is 3. The molecule has 2 rings (SSSR count). The van der Waals surface area contributed by atoms with E-state index < -0.39 is 5.91 Å². The molecule has 0 saturated heterocycles. The van der Waals surface area contributed by atoms with E-state index in [0.29, 0.717) is 11.3 Å². The number of carbonyl (C=O) groups is 1. The van der Waals surface area contributed by atoms with Crippen LogP contribution in [0.15, 0.2) is 47.6 Å². The van der Waals surface area contributed by atoms with Gasteiger partial charge in [-0.1, -0.05) is 46.6 Å². The predicted molar refractivity (Wildman–Crippen MR) is 83.4 cm³/mol. The third kappa shape index (κ3) is 3.45. The Labute approximate surface area is 131 Å². The van der Waals surface area contributed by atoms with Crippen molar-refractivity contribution in [3.05, 3.63) is 63.6 Å². The van der Waals surface area contributed by atoms with E-state index in [9.17, 15) is 4.79 Å². The molecule has 0 radical (unpaired) electrons. The zero-order valence-electron chi connectivity index (χ0n) is 10.7. The highest BCUT2D eigenvalue weighted by Gasteiger charge is 2.14. The van der Waals surface area contributed by atoms with Gasteiger partial charge in [0.2, 0.25) is 0 Å². The second-order valence-electron chi connectivity index (χ2n) is 4.12. The molecule has 0 aliphatic rings. The van der Waals surface area contributed by atoms with Crippen molar-refractivity contribution >= 4 is 40.6 Å². The first-order chi connectivity index (χ1) is 10.0. The highest BCUT2D eigenvalue weighted by atomic mass is 35.5. The second-order valence-corrected chi connectivity index (χ2v) is 4.93. The minimum Gasteiger partial charge on any atom is -0.409 e. The molecule has 0 aromatic heterocycles. The fourth-order valence-corrected chi connectivity index (χ4v) is 2.29. The third-order valence-corrected chi connectivity index (χ3v) is 3.34. The van der Waals surface area contributed by atoms with E-state index in [2.05, 4.69) is 10.5 Å². The molecule has 7 heteroatoms. The molecule has 108 valence electrons. The molecule has 0 atom stereocenters. The van der Waals surface area contributed by atoms with E-state index in [-0.39, 0.29) is 21.4 Å². The number of nitrogens with two attached hydrogens (primary N) is 1. The normalized spacial score (nSPS) is 11.2. The summed E-state index contributed by atoms with van der Waals surface area (Å²) in [6, 6.07) is 11.4. The summed E-state index contributed by atoms with van der Waals surface area (Å²) < 4.78 is 0. The Hall–Kier alpha value is -2.24. The average molecular weight is 324 g/mol. The molecule has 0 aliphatic heterocycles. The van der Waals surface area contributed by atoms with Crippen molar-refractivity contribution in [2.75, 3.05) is 5.32 Å². The van der Waals surface area contributed by atoms with Crippen LogP contribution in [0.1, 0.15) is 15.9 Å². The maximum absolute atomic E-state index is 12.2. The molecule has 5 nitrogen and oxygen atoms in total. The Balaban J connectivity index is 2.28.